The van der Waals surface area contributed by atoms with Crippen LogP contribution in [-0.4, -0.2) is 9.97 Å². The van der Waals surface area contributed by atoms with Crippen LogP contribution in [0.1, 0.15) is 0 Å². The van der Waals surface area contributed by atoms with Gasteiger partial charge in [-0.05, 0) is 17.7 Å². The van der Waals surface area contributed by atoms with Crippen molar-refractivity contribution >= 4 is 22.5 Å². The number of hydrogen-bond donors (Lipinski definition) is 0. The lowest BCUT2D eigenvalue weighted by Gasteiger charge is -2.07. The number of halogens is 1. The number of para-hydroxylation sites is 1. The van der Waals surface area contributed by atoms with Crippen molar-refractivity contribution in [2.24, 2.45) is 0 Å². The lowest BCUT2D eigenvalue weighted by atomic mass is 10.2. The van der Waals surface area contributed by atoms with Gasteiger partial charge in [0.2, 0.25) is 5.28 Å². The molecule has 1 aromatic carbocycles. The first-order chi connectivity index (χ1) is 5.77. The summed E-state index contributed by atoms with van der Waals surface area (Å²) < 4.78 is 0. The summed E-state index contributed by atoms with van der Waals surface area (Å²) in [5.74, 6) is -0.328. The molecule has 0 saturated carbocycles. The van der Waals surface area contributed by atoms with E-state index in [0.29, 0.717) is 10.9 Å². The highest BCUT2D eigenvalue weighted by Crippen LogP contribution is 2.19. The van der Waals surface area contributed by atoms with Crippen molar-refractivity contribution in [1.29, 1.82) is 0 Å². The molecule has 12 heavy (non-hydrogen) atoms. The summed E-state index contributed by atoms with van der Waals surface area (Å²) >= 11 is 5.50. The molecule has 0 spiro atoms. The molecule has 0 unspecified atom stereocenters. The van der Waals surface area contributed by atoms with Crippen molar-refractivity contribution in [2.75, 3.05) is 0 Å². The molecule has 0 radical (unpaired) electrons. The van der Waals surface area contributed by atoms with E-state index in [1.807, 2.05) is 0 Å². The summed E-state index contributed by atoms with van der Waals surface area (Å²) in [7, 11) is 0. The third-order valence-corrected chi connectivity index (χ3v) is 1.71. The van der Waals surface area contributed by atoms with E-state index in [4.69, 9.17) is 11.6 Å². The molecular weight excluding hydrogens is 176 g/mol. The minimum absolute atomic E-state index is 0.00120. The van der Waals surface area contributed by atoms with Crippen molar-refractivity contribution in [3.8, 4) is 5.88 Å². The van der Waals surface area contributed by atoms with Gasteiger partial charge in [0.15, 0.2) is 0 Å². The van der Waals surface area contributed by atoms with Crippen LogP contribution in [0.2, 0.25) is 5.28 Å². The summed E-state index contributed by atoms with van der Waals surface area (Å²) in [6.07, 6.45) is 0. The Balaban J connectivity index is 2.89. The molecule has 0 aliphatic rings. The Morgan fingerprint density at radius 3 is 2.75 bits per heavy atom. The van der Waals surface area contributed by atoms with Crippen LogP contribution in [-0.2, 0) is 0 Å². The first-order valence-electron chi connectivity index (χ1n) is 3.36. The predicted molar refractivity (Wildman–Crippen MR) is 44.0 cm³/mol. The van der Waals surface area contributed by atoms with Crippen LogP contribution in [0, 0.1) is 0 Å². The van der Waals surface area contributed by atoms with Crippen LogP contribution in [0.4, 0.5) is 0 Å². The van der Waals surface area contributed by atoms with Gasteiger partial charge in [-0.25, -0.2) is 9.97 Å². The van der Waals surface area contributed by atoms with E-state index in [9.17, 15) is 5.11 Å². The second-order valence-electron chi connectivity index (χ2n) is 2.31. The van der Waals surface area contributed by atoms with Crippen molar-refractivity contribution in [3.63, 3.8) is 0 Å². The van der Waals surface area contributed by atoms with Crippen LogP contribution in [0.3, 0.4) is 0 Å². The summed E-state index contributed by atoms with van der Waals surface area (Å²) in [5.41, 5.74) is 0.586. The lowest BCUT2D eigenvalue weighted by Crippen LogP contribution is -1.96. The zero-order valence-electron chi connectivity index (χ0n) is 5.99. The van der Waals surface area contributed by atoms with E-state index in [1.165, 1.54) is 0 Å². The normalized spacial score (nSPS) is 10.4. The molecule has 0 N–H and O–H groups in total. The zero-order valence-corrected chi connectivity index (χ0v) is 6.75. The first-order valence-corrected chi connectivity index (χ1v) is 3.74. The van der Waals surface area contributed by atoms with E-state index in [1.54, 1.807) is 24.3 Å². The first kappa shape index (κ1) is 7.31. The van der Waals surface area contributed by atoms with Gasteiger partial charge in [0, 0.05) is 11.3 Å². The Hall–Kier alpha value is -1.35. The molecular formula is C8H4ClN2O-. The van der Waals surface area contributed by atoms with Gasteiger partial charge in [0.1, 0.15) is 0 Å². The van der Waals surface area contributed by atoms with Crippen LogP contribution in [0.25, 0.3) is 10.9 Å². The minimum atomic E-state index is -0.328. The maximum atomic E-state index is 11.2. The van der Waals surface area contributed by atoms with Gasteiger partial charge in [-0.15, -0.1) is 0 Å². The topological polar surface area (TPSA) is 48.8 Å². The van der Waals surface area contributed by atoms with Gasteiger partial charge in [-0.2, -0.15) is 0 Å². The van der Waals surface area contributed by atoms with E-state index >= 15 is 0 Å². The zero-order chi connectivity index (χ0) is 8.55. The molecule has 60 valence electrons. The molecule has 0 aliphatic heterocycles. The fourth-order valence-electron chi connectivity index (χ4n) is 1.02. The van der Waals surface area contributed by atoms with Crippen LogP contribution in [0.15, 0.2) is 24.3 Å². The Morgan fingerprint density at radius 2 is 1.92 bits per heavy atom. The number of hydrogen-bond acceptors (Lipinski definition) is 3. The molecule has 0 atom stereocenters. The molecule has 3 nitrogen and oxygen atoms in total. The van der Waals surface area contributed by atoms with Crippen molar-refractivity contribution in [1.82, 2.24) is 9.97 Å². The fraction of sp³-hybridized carbons (Fsp3) is 0. The highest BCUT2D eigenvalue weighted by molar-refractivity contribution is 6.28. The lowest BCUT2D eigenvalue weighted by molar-refractivity contribution is -0.272. The summed E-state index contributed by atoms with van der Waals surface area (Å²) in [5, 5.41) is 11.7. The third-order valence-electron chi connectivity index (χ3n) is 1.54. The summed E-state index contributed by atoms with van der Waals surface area (Å²) in [6, 6.07) is 6.96. The number of rotatable bonds is 0. The summed E-state index contributed by atoms with van der Waals surface area (Å²) in [4.78, 5) is 7.39. The van der Waals surface area contributed by atoms with E-state index in [0.717, 1.165) is 0 Å². The number of nitrogens with zero attached hydrogens (tertiary/aromatic N) is 2. The smallest absolute Gasteiger partial charge is 0.222 e. The van der Waals surface area contributed by atoms with Gasteiger partial charge in [0.25, 0.3) is 0 Å². The van der Waals surface area contributed by atoms with E-state index < -0.39 is 0 Å². The number of fused-ring (bicyclic) bond motifs is 1. The molecule has 0 saturated heterocycles. The molecule has 2 aromatic rings. The highest BCUT2D eigenvalue weighted by Gasteiger charge is 1.96. The Bertz CT molecular complexity index is 430. The molecule has 0 aliphatic carbocycles. The van der Waals surface area contributed by atoms with Crippen molar-refractivity contribution in [3.05, 3.63) is 29.5 Å². The number of benzene rings is 1. The van der Waals surface area contributed by atoms with Gasteiger partial charge in [-0.3, -0.25) is 0 Å². The highest BCUT2D eigenvalue weighted by atomic mass is 35.5. The SMILES string of the molecule is [O-]c1nc(Cl)nc2ccccc12. The molecule has 2 rings (SSSR count). The quantitative estimate of drug-likeness (QED) is 0.574. The predicted octanol–water partition coefficient (Wildman–Crippen LogP) is 1.36. The summed E-state index contributed by atoms with van der Waals surface area (Å²) in [6.45, 7) is 0. The molecule has 4 heteroatoms. The second-order valence-corrected chi connectivity index (χ2v) is 2.65. The fourth-order valence-corrected chi connectivity index (χ4v) is 1.19. The largest absolute Gasteiger partial charge is 0.858 e. The Kier molecular flexibility index (Phi) is 1.59. The Morgan fingerprint density at radius 1 is 1.17 bits per heavy atom. The van der Waals surface area contributed by atoms with Crippen molar-refractivity contribution in [2.45, 2.75) is 0 Å². The van der Waals surface area contributed by atoms with Crippen LogP contribution in [0.5, 0.6) is 5.88 Å². The van der Waals surface area contributed by atoms with Gasteiger partial charge < -0.3 is 5.11 Å². The minimum Gasteiger partial charge on any atom is -0.858 e. The maximum absolute atomic E-state index is 11.2. The molecule has 1 aromatic heterocycles. The van der Waals surface area contributed by atoms with E-state index in [-0.39, 0.29) is 11.2 Å². The maximum Gasteiger partial charge on any atom is 0.222 e. The van der Waals surface area contributed by atoms with Crippen LogP contribution < -0.4 is 5.11 Å². The molecule has 0 fully saturated rings. The van der Waals surface area contributed by atoms with E-state index in [2.05, 4.69) is 9.97 Å². The van der Waals surface area contributed by atoms with Crippen molar-refractivity contribution < 1.29 is 5.11 Å². The number of aromatic nitrogens is 2. The standard InChI is InChI=1S/C8H5ClN2O/c9-8-10-6-4-2-1-3-5(6)7(12)11-8/h1-4H,(H,10,11,12)/p-1. The van der Waals surface area contributed by atoms with Gasteiger partial charge in [-0.1, -0.05) is 18.2 Å². The molecule has 0 amide bonds. The third kappa shape index (κ3) is 1.08. The molecule has 1 heterocycles. The average Bonchev–Trinajstić information content (AvgIpc) is 2.04. The Labute approximate surface area is 73.6 Å². The average molecular weight is 180 g/mol. The van der Waals surface area contributed by atoms with Crippen LogP contribution >= 0.6 is 11.6 Å². The second kappa shape index (κ2) is 2.60. The van der Waals surface area contributed by atoms with Gasteiger partial charge >= 0.3 is 0 Å². The molecule has 0 bridgehead atoms. The van der Waals surface area contributed by atoms with Gasteiger partial charge in [0.05, 0.1) is 5.52 Å². The monoisotopic (exact) mass is 179 g/mol.